The summed E-state index contributed by atoms with van der Waals surface area (Å²) in [5.74, 6) is 1.64. The number of amides is 1. The molecule has 0 fully saturated rings. The van der Waals surface area contributed by atoms with Gasteiger partial charge in [-0.05, 0) is 43.9 Å². The average molecular weight is 360 g/mol. The molecular formula is C18H18ClN3O3. The molecule has 0 saturated heterocycles. The zero-order valence-electron chi connectivity index (χ0n) is 13.8. The lowest BCUT2D eigenvalue weighted by atomic mass is 9.92. The Labute approximate surface area is 150 Å². The third-order valence-electron chi connectivity index (χ3n) is 4.46. The zero-order chi connectivity index (χ0) is 17.4. The molecule has 4 rings (SSSR count). The van der Waals surface area contributed by atoms with Gasteiger partial charge in [0, 0.05) is 23.5 Å². The maximum Gasteiger partial charge on any atom is 0.251 e. The molecule has 0 spiro atoms. The van der Waals surface area contributed by atoms with Crippen molar-refractivity contribution in [3.8, 4) is 11.5 Å². The van der Waals surface area contributed by atoms with Gasteiger partial charge in [-0.1, -0.05) is 11.6 Å². The molecule has 0 unspecified atom stereocenters. The fourth-order valence-electron chi connectivity index (χ4n) is 3.24. The van der Waals surface area contributed by atoms with E-state index >= 15 is 0 Å². The van der Waals surface area contributed by atoms with Gasteiger partial charge in [0.15, 0.2) is 11.5 Å². The van der Waals surface area contributed by atoms with E-state index in [4.69, 9.17) is 21.1 Å². The van der Waals surface area contributed by atoms with Crippen molar-refractivity contribution < 1.29 is 14.3 Å². The molecule has 0 saturated carbocycles. The first kappa shape index (κ1) is 16.1. The summed E-state index contributed by atoms with van der Waals surface area (Å²) in [6, 6.07) is 3.35. The number of nitrogens with zero attached hydrogens (tertiary/aromatic N) is 2. The number of rotatable bonds is 2. The largest absolute Gasteiger partial charge is 0.486 e. The van der Waals surface area contributed by atoms with E-state index in [9.17, 15) is 4.79 Å². The highest BCUT2D eigenvalue weighted by atomic mass is 35.5. The van der Waals surface area contributed by atoms with Gasteiger partial charge in [-0.25, -0.2) is 9.97 Å². The van der Waals surface area contributed by atoms with E-state index in [1.807, 2.05) is 13.1 Å². The van der Waals surface area contributed by atoms with Gasteiger partial charge in [0.05, 0.1) is 5.02 Å². The number of carbonyl (C=O) groups is 1. The third kappa shape index (κ3) is 3.26. The highest BCUT2D eigenvalue weighted by Crippen LogP contribution is 2.38. The fraction of sp³-hybridized carbons (Fsp3) is 0.389. The summed E-state index contributed by atoms with van der Waals surface area (Å²) in [6.45, 7) is 2.80. The minimum atomic E-state index is -0.166. The van der Waals surface area contributed by atoms with E-state index in [0.717, 1.165) is 36.3 Å². The molecule has 1 aliphatic heterocycles. The molecule has 1 N–H and O–H groups in total. The van der Waals surface area contributed by atoms with Crippen molar-refractivity contribution >= 4 is 17.5 Å². The smallest absolute Gasteiger partial charge is 0.251 e. The van der Waals surface area contributed by atoms with Crippen LogP contribution in [0.1, 0.15) is 33.9 Å². The molecule has 2 heterocycles. The number of aromatic nitrogens is 2. The molecule has 0 radical (unpaired) electrons. The Balaban J connectivity index is 1.49. The van der Waals surface area contributed by atoms with Gasteiger partial charge in [-0.3, -0.25) is 4.79 Å². The first-order valence-electron chi connectivity index (χ1n) is 8.31. The van der Waals surface area contributed by atoms with Crippen LogP contribution in [0.3, 0.4) is 0 Å². The van der Waals surface area contributed by atoms with Crippen LogP contribution in [0.25, 0.3) is 0 Å². The number of ether oxygens (including phenoxy) is 2. The average Bonchev–Trinajstić information content (AvgIpc) is 2.62. The number of fused-ring (bicyclic) bond motifs is 2. The highest BCUT2D eigenvalue weighted by Gasteiger charge is 2.24. The summed E-state index contributed by atoms with van der Waals surface area (Å²) in [6.07, 6.45) is 4.29. The fourth-order valence-corrected chi connectivity index (χ4v) is 3.51. The first-order chi connectivity index (χ1) is 12.1. The molecule has 0 bridgehead atoms. The monoisotopic (exact) mass is 359 g/mol. The molecule has 130 valence electrons. The van der Waals surface area contributed by atoms with Crippen molar-refractivity contribution in [1.29, 1.82) is 0 Å². The summed E-state index contributed by atoms with van der Waals surface area (Å²) in [7, 11) is 0. The van der Waals surface area contributed by atoms with Crippen molar-refractivity contribution in [1.82, 2.24) is 15.3 Å². The molecule has 7 heteroatoms. The molecule has 1 atom stereocenters. The predicted octanol–water partition coefficient (Wildman–Crippen LogP) is 2.50. The minimum Gasteiger partial charge on any atom is -0.486 e. The molecular weight excluding hydrogens is 342 g/mol. The topological polar surface area (TPSA) is 73.3 Å². The Kier molecular flexibility index (Phi) is 4.21. The van der Waals surface area contributed by atoms with Gasteiger partial charge in [0.1, 0.15) is 19.0 Å². The van der Waals surface area contributed by atoms with E-state index in [-0.39, 0.29) is 11.9 Å². The Bertz CT molecular complexity index is 841. The van der Waals surface area contributed by atoms with Gasteiger partial charge < -0.3 is 14.8 Å². The predicted molar refractivity (Wildman–Crippen MR) is 92.5 cm³/mol. The molecule has 2 aliphatic rings. The lowest BCUT2D eigenvalue weighted by molar-refractivity contribution is 0.0932. The van der Waals surface area contributed by atoms with Crippen LogP contribution in [0.2, 0.25) is 5.02 Å². The van der Waals surface area contributed by atoms with Gasteiger partial charge >= 0.3 is 0 Å². The number of aryl methyl sites for hydroxylation is 2. The maximum atomic E-state index is 12.6. The quantitative estimate of drug-likeness (QED) is 0.891. The lowest BCUT2D eigenvalue weighted by Gasteiger charge is -2.25. The Morgan fingerprint density at radius 2 is 2.16 bits per heavy atom. The second-order valence-electron chi connectivity index (χ2n) is 6.28. The Hall–Kier alpha value is -2.34. The minimum absolute atomic E-state index is 0.0540. The number of hydrogen-bond acceptors (Lipinski definition) is 5. The van der Waals surface area contributed by atoms with E-state index in [1.165, 1.54) is 0 Å². The van der Waals surface area contributed by atoms with Crippen molar-refractivity contribution in [2.45, 2.75) is 32.2 Å². The van der Waals surface area contributed by atoms with Crippen molar-refractivity contribution in [2.24, 2.45) is 0 Å². The summed E-state index contributed by atoms with van der Waals surface area (Å²) < 4.78 is 11.0. The zero-order valence-corrected chi connectivity index (χ0v) is 14.6. The van der Waals surface area contributed by atoms with Crippen molar-refractivity contribution in [2.75, 3.05) is 13.2 Å². The number of benzene rings is 1. The van der Waals surface area contributed by atoms with Crippen molar-refractivity contribution in [3.05, 3.63) is 46.0 Å². The first-order valence-corrected chi connectivity index (χ1v) is 8.69. The number of carbonyl (C=O) groups excluding carboxylic acids is 1. The lowest BCUT2D eigenvalue weighted by Crippen LogP contribution is -2.39. The number of hydrogen-bond donors (Lipinski definition) is 1. The van der Waals surface area contributed by atoms with Gasteiger partial charge in [-0.2, -0.15) is 0 Å². The van der Waals surface area contributed by atoms with Crippen LogP contribution in [0.4, 0.5) is 0 Å². The Morgan fingerprint density at radius 1 is 1.32 bits per heavy atom. The van der Waals surface area contributed by atoms with E-state index in [2.05, 4.69) is 15.3 Å². The second kappa shape index (κ2) is 6.52. The normalized spacial score (nSPS) is 18.4. The Morgan fingerprint density at radius 3 is 3.04 bits per heavy atom. The molecule has 6 nitrogen and oxygen atoms in total. The molecule has 1 aliphatic carbocycles. The van der Waals surface area contributed by atoms with Gasteiger partial charge in [-0.15, -0.1) is 0 Å². The highest BCUT2D eigenvalue weighted by molar-refractivity contribution is 6.32. The second-order valence-corrected chi connectivity index (χ2v) is 6.69. The van der Waals surface area contributed by atoms with Crippen LogP contribution in [-0.4, -0.2) is 35.1 Å². The van der Waals surface area contributed by atoms with Crippen LogP contribution in [-0.2, 0) is 12.8 Å². The molecule has 1 aromatic carbocycles. The molecule has 25 heavy (non-hydrogen) atoms. The summed E-state index contributed by atoms with van der Waals surface area (Å²) >= 11 is 6.21. The standard InChI is InChI=1S/C18H18ClN3O3/c1-10-20-9-12-6-13(2-3-15(12)21-10)22-18(23)11-7-14(19)17-16(8-11)24-4-5-25-17/h7-9,13H,2-6H2,1H3,(H,22,23)/t13-/m1/s1. The SMILES string of the molecule is Cc1ncc2c(n1)CC[C@@H](NC(=O)c1cc(Cl)c3c(c1)OCCO3)C2. The van der Waals surface area contributed by atoms with E-state index in [0.29, 0.717) is 35.3 Å². The van der Waals surface area contributed by atoms with Crippen LogP contribution in [0, 0.1) is 6.92 Å². The van der Waals surface area contributed by atoms with Crippen LogP contribution in [0.15, 0.2) is 18.3 Å². The van der Waals surface area contributed by atoms with Crippen molar-refractivity contribution in [3.63, 3.8) is 0 Å². The molecule has 2 aromatic rings. The van der Waals surface area contributed by atoms with Gasteiger partial charge in [0.2, 0.25) is 0 Å². The number of nitrogens with one attached hydrogen (secondary N) is 1. The number of halogens is 1. The third-order valence-corrected chi connectivity index (χ3v) is 4.75. The van der Waals surface area contributed by atoms with E-state index in [1.54, 1.807) is 12.1 Å². The maximum absolute atomic E-state index is 12.6. The molecule has 1 aromatic heterocycles. The van der Waals surface area contributed by atoms with E-state index < -0.39 is 0 Å². The molecule has 1 amide bonds. The van der Waals surface area contributed by atoms with Crippen LogP contribution < -0.4 is 14.8 Å². The van der Waals surface area contributed by atoms with Crippen LogP contribution in [0.5, 0.6) is 11.5 Å². The van der Waals surface area contributed by atoms with Gasteiger partial charge in [0.25, 0.3) is 5.91 Å². The summed E-state index contributed by atoms with van der Waals surface area (Å²) in [5.41, 5.74) is 2.66. The summed E-state index contributed by atoms with van der Waals surface area (Å²) in [4.78, 5) is 21.3. The summed E-state index contributed by atoms with van der Waals surface area (Å²) in [5, 5.41) is 3.46. The van der Waals surface area contributed by atoms with Crippen LogP contribution >= 0.6 is 11.6 Å².